The molecule has 2 rings (SSSR count). The zero-order valence-corrected chi connectivity index (χ0v) is 9.69. The number of nitrogens with zero attached hydrogens (tertiary/aromatic N) is 2. The zero-order valence-electron chi connectivity index (χ0n) is 9.69. The van der Waals surface area contributed by atoms with E-state index in [1.165, 1.54) is 0 Å². The summed E-state index contributed by atoms with van der Waals surface area (Å²) < 4.78 is 7.17. The third-order valence-electron chi connectivity index (χ3n) is 2.64. The lowest BCUT2D eigenvalue weighted by Gasteiger charge is -2.05. The molecule has 4 nitrogen and oxygen atoms in total. The first-order chi connectivity index (χ1) is 7.61. The second-order valence-electron chi connectivity index (χ2n) is 3.74. The number of nitrogen functional groups attached to an aromatic ring is 1. The second kappa shape index (κ2) is 3.89. The molecule has 0 aliphatic heterocycles. The highest BCUT2D eigenvalue weighted by Gasteiger charge is 2.07. The molecule has 2 aromatic rings. The standard InChI is InChI=1S/C12H15N3O/c1-8-14-11(7-15(8)2)9-4-5-10(13)12(6-9)16-3/h4-7H,13H2,1-3H3. The van der Waals surface area contributed by atoms with Gasteiger partial charge in [-0.3, -0.25) is 0 Å². The van der Waals surface area contributed by atoms with Crippen LogP contribution in [0.4, 0.5) is 5.69 Å². The Hall–Kier alpha value is -1.97. The van der Waals surface area contributed by atoms with Crippen molar-refractivity contribution >= 4 is 5.69 Å². The maximum Gasteiger partial charge on any atom is 0.142 e. The Kier molecular flexibility index (Phi) is 2.56. The Bertz CT molecular complexity index is 497. The van der Waals surface area contributed by atoms with Crippen LogP contribution in [0.1, 0.15) is 5.82 Å². The number of benzene rings is 1. The lowest BCUT2D eigenvalue weighted by atomic mass is 10.1. The first-order valence-corrected chi connectivity index (χ1v) is 5.05. The first-order valence-electron chi connectivity index (χ1n) is 5.05. The number of imidazole rings is 1. The highest BCUT2D eigenvalue weighted by atomic mass is 16.5. The van der Waals surface area contributed by atoms with Crippen LogP contribution in [0, 0.1) is 6.92 Å². The zero-order chi connectivity index (χ0) is 11.7. The molecule has 16 heavy (non-hydrogen) atoms. The summed E-state index contributed by atoms with van der Waals surface area (Å²) in [5.41, 5.74) is 8.34. The van der Waals surface area contributed by atoms with Crippen molar-refractivity contribution in [2.45, 2.75) is 6.92 Å². The molecular weight excluding hydrogens is 202 g/mol. The minimum absolute atomic E-state index is 0.638. The first kappa shape index (κ1) is 10.5. The molecule has 0 saturated heterocycles. The van der Waals surface area contributed by atoms with Crippen LogP contribution in [0.2, 0.25) is 0 Å². The average molecular weight is 217 g/mol. The number of ether oxygens (including phenoxy) is 1. The molecule has 0 amide bonds. The fourth-order valence-electron chi connectivity index (χ4n) is 1.57. The van der Waals surface area contributed by atoms with Gasteiger partial charge in [-0.25, -0.2) is 4.98 Å². The van der Waals surface area contributed by atoms with E-state index in [0.717, 1.165) is 17.1 Å². The molecule has 0 unspecified atom stereocenters. The molecular formula is C12H15N3O. The molecule has 0 aliphatic rings. The molecule has 0 bridgehead atoms. The minimum Gasteiger partial charge on any atom is -0.495 e. The Morgan fingerprint density at radius 1 is 1.38 bits per heavy atom. The molecule has 0 aliphatic carbocycles. The van der Waals surface area contributed by atoms with E-state index in [9.17, 15) is 0 Å². The number of aromatic nitrogens is 2. The molecule has 1 aromatic carbocycles. The SMILES string of the molecule is COc1cc(-c2cn(C)c(C)n2)ccc1N. The number of hydrogen-bond donors (Lipinski definition) is 1. The average Bonchev–Trinajstić information content (AvgIpc) is 2.60. The summed E-state index contributed by atoms with van der Waals surface area (Å²) in [6, 6.07) is 5.68. The van der Waals surface area contributed by atoms with E-state index in [1.807, 2.05) is 42.9 Å². The van der Waals surface area contributed by atoms with Crippen molar-refractivity contribution in [3.8, 4) is 17.0 Å². The maximum absolute atomic E-state index is 5.76. The molecule has 4 heteroatoms. The fraction of sp³-hybridized carbons (Fsp3) is 0.250. The topological polar surface area (TPSA) is 53.1 Å². The summed E-state index contributed by atoms with van der Waals surface area (Å²) in [7, 11) is 3.58. The van der Waals surface area contributed by atoms with Gasteiger partial charge in [0.1, 0.15) is 11.6 Å². The number of hydrogen-bond acceptors (Lipinski definition) is 3. The van der Waals surface area contributed by atoms with Crippen molar-refractivity contribution in [3.63, 3.8) is 0 Å². The Labute approximate surface area is 94.7 Å². The van der Waals surface area contributed by atoms with Crippen LogP contribution in [-0.4, -0.2) is 16.7 Å². The van der Waals surface area contributed by atoms with E-state index in [4.69, 9.17) is 10.5 Å². The molecule has 0 saturated carbocycles. The van der Waals surface area contributed by atoms with Gasteiger partial charge in [-0.1, -0.05) is 6.07 Å². The summed E-state index contributed by atoms with van der Waals surface area (Å²) in [6.45, 7) is 1.97. The van der Waals surface area contributed by atoms with Crippen molar-refractivity contribution in [1.29, 1.82) is 0 Å². The van der Waals surface area contributed by atoms with Crippen molar-refractivity contribution in [2.24, 2.45) is 7.05 Å². The monoisotopic (exact) mass is 217 g/mol. The third-order valence-corrected chi connectivity index (χ3v) is 2.64. The predicted octanol–water partition coefficient (Wildman–Crippen LogP) is 1.99. The molecule has 0 atom stereocenters. The number of methoxy groups -OCH3 is 1. The normalized spacial score (nSPS) is 10.4. The molecule has 0 spiro atoms. The van der Waals surface area contributed by atoms with Gasteiger partial charge in [0, 0.05) is 18.8 Å². The predicted molar refractivity (Wildman–Crippen MR) is 64.3 cm³/mol. The van der Waals surface area contributed by atoms with Gasteiger partial charge in [-0.05, 0) is 19.1 Å². The van der Waals surface area contributed by atoms with Gasteiger partial charge in [0.05, 0.1) is 18.5 Å². The molecule has 2 N–H and O–H groups in total. The van der Waals surface area contributed by atoms with Gasteiger partial charge in [0.2, 0.25) is 0 Å². The van der Waals surface area contributed by atoms with Gasteiger partial charge in [-0.2, -0.15) is 0 Å². The van der Waals surface area contributed by atoms with Crippen LogP contribution in [0.5, 0.6) is 5.75 Å². The summed E-state index contributed by atoms with van der Waals surface area (Å²) in [5.74, 6) is 1.66. The smallest absolute Gasteiger partial charge is 0.142 e. The molecule has 1 aromatic heterocycles. The van der Waals surface area contributed by atoms with Gasteiger partial charge >= 0.3 is 0 Å². The van der Waals surface area contributed by atoms with Crippen molar-refractivity contribution < 1.29 is 4.74 Å². The number of rotatable bonds is 2. The summed E-state index contributed by atoms with van der Waals surface area (Å²) in [6.07, 6.45) is 1.99. The van der Waals surface area contributed by atoms with Crippen LogP contribution in [0.25, 0.3) is 11.3 Å². The van der Waals surface area contributed by atoms with Gasteiger partial charge in [-0.15, -0.1) is 0 Å². The number of nitrogens with two attached hydrogens (primary N) is 1. The van der Waals surface area contributed by atoms with Crippen LogP contribution >= 0.6 is 0 Å². The highest BCUT2D eigenvalue weighted by Crippen LogP contribution is 2.28. The lowest BCUT2D eigenvalue weighted by Crippen LogP contribution is -1.92. The highest BCUT2D eigenvalue weighted by molar-refractivity contribution is 5.67. The number of anilines is 1. The van der Waals surface area contributed by atoms with Crippen molar-refractivity contribution in [1.82, 2.24) is 9.55 Å². The summed E-state index contributed by atoms with van der Waals surface area (Å²) in [5, 5.41) is 0. The van der Waals surface area contributed by atoms with E-state index in [2.05, 4.69) is 4.98 Å². The van der Waals surface area contributed by atoms with Crippen LogP contribution in [-0.2, 0) is 7.05 Å². The third kappa shape index (κ3) is 1.74. The largest absolute Gasteiger partial charge is 0.495 e. The van der Waals surface area contributed by atoms with E-state index in [1.54, 1.807) is 7.11 Å². The maximum atomic E-state index is 5.76. The van der Waals surface area contributed by atoms with Crippen LogP contribution < -0.4 is 10.5 Å². The van der Waals surface area contributed by atoms with E-state index in [-0.39, 0.29) is 0 Å². The van der Waals surface area contributed by atoms with E-state index >= 15 is 0 Å². The minimum atomic E-state index is 0.638. The van der Waals surface area contributed by atoms with Crippen molar-refractivity contribution in [3.05, 3.63) is 30.2 Å². The van der Waals surface area contributed by atoms with E-state index in [0.29, 0.717) is 11.4 Å². The summed E-state index contributed by atoms with van der Waals surface area (Å²) in [4.78, 5) is 4.45. The molecule has 0 fully saturated rings. The van der Waals surface area contributed by atoms with Crippen LogP contribution in [0.15, 0.2) is 24.4 Å². The Morgan fingerprint density at radius 3 is 2.69 bits per heavy atom. The van der Waals surface area contributed by atoms with Gasteiger partial charge in [0.25, 0.3) is 0 Å². The second-order valence-corrected chi connectivity index (χ2v) is 3.74. The van der Waals surface area contributed by atoms with Gasteiger partial charge in [0.15, 0.2) is 0 Å². The summed E-state index contributed by atoms with van der Waals surface area (Å²) >= 11 is 0. The van der Waals surface area contributed by atoms with Gasteiger partial charge < -0.3 is 15.0 Å². The van der Waals surface area contributed by atoms with Crippen molar-refractivity contribution in [2.75, 3.05) is 12.8 Å². The molecule has 1 heterocycles. The van der Waals surface area contributed by atoms with Crippen LogP contribution in [0.3, 0.4) is 0 Å². The lowest BCUT2D eigenvalue weighted by molar-refractivity contribution is 0.417. The molecule has 84 valence electrons. The molecule has 0 radical (unpaired) electrons. The Balaban J connectivity index is 2.48. The fourth-order valence-corrected chi connectivity index (χ4v) is 1.57. The quantitative estimate of drug-likeness (QED) is 0.783. The Morgan fingerprint density at radius 2 is 2.12 bits per heavy atom. The van der Waals surface area contributed by atoms with E-state index < -0.39 is 0 Å². The number of aryl methyl sites for hydroxylation is 2.